The molecule has 3 aliphatic heterocycles. The van der Waals surface area contributed by atoms with Crippen LogP contribution in [-0.4, -0.2) is 76.5 Å². The lowest BCUT2D eigenvalue weighted by Crippen LogP contribution is -2.55. The number of nitrogens with one attached hydrogen (secondary N) is 1. The Morgan fingerprint density at radius 1 is 1.15 bits per heavy atom. The molecule has 4 heterocycles. The summed E-state index contributed by atoms with van der Waals surface area (Å²) in [7, 11) is 0. The van der Waals surface area contributed by atoms with Gasteiger partial charge in [-0.25, -0.2) is 13.6 Å². The zero-order valence-corrected chi connectivity index (χ0v) is 23.7. The largest absolute Gasteiger partial charge is 0.369 e. The van der Waals surface area contributed by atoms with Gasteiger partial charge >= 0.3 is 0 Å². The van der Waals surface area contributed by atoms with Gasteiger partial charge < -0.3 is 20.0 Å². The van der Waals surface area contributed by atoms with Crippen molar-refractivity contribution < 1.29 is 13.4 Å². The van der Waals surface area contributed by atoms with Gasteiger partial charge in [0, 0.05) is 51.5 Å². The number of piperazine rings is 1. The van der Waals surface area contributed by atoms with Crippen molar-refractivity contribution in [2.75, 3.05) is 60.5 Å². The van der Waals surface area contributed by atoms with E-state index < -0.39 is 5.54 Å². The van der Waals surface area contributed by atoms with Crippen LogP contribution in [0, 0.1) is 23.1 Å². The summed E-state index contributed by atoms with van der Waals surface area (Å²) < 4.78 is 28.2. The van der Waals surface area contributed by atoms with Crippen molar-refractivity contribution in [3.8, 4) is 6.07 Å². The Kier molecular flexibility index (Phi) is 7.52. The van der Waals surface area contributed by atoms with Gasteiger partial charge in [0.1, 0.15) is 28.7 Å². The third-order valence-corrected chi connectivity index (χ3v) is 9.53. The van der Waals surface area contributed by atoms with Crippen molar-refractivity contribution in [2.45, 2.75) is 37.6 Å². The lowest BCUT2D eigenvalue weighted by molar-refractivity contribution is -0.123. The highest BCUT2D eigenvalue weighted by atomic mass is 35.5. The standard InChI is InChI=1S/C28H31ClFN7O2S/c29-22-14-21(17-33-24(22)16-31)36-26(38)28(6-1-7-28)37(27(36)40-39)20-2-3-25(23(30)15-20)35-10-4-19(5-11-35)18-34-12-8-32-9-13-34/h2-3,14-15,17,19,32H,1,4-13,18H2. The van der Waals surface area contributed by atoms with Gasteiger partial charge in [-0.3, -0.25) is 9.69 Å². The lowest BCUT2D eigenvalue weighted by atomic mass is 9.75. The minimum atomic E-state index is -0.955. The van der Waals surface area contributed by atoms with E-state index in [0.717, 1.165) is 65.1 Å². The molecule has 3 saturated heterocycles. The lowest BCUT2D eigenvalue weighted by Gasteiger charge is -2.43. The maximum atomic E-state index is 15.7. The first kappa shape index (κ1) is 27.1. The average Bonchev–Trinajstić information content (AvgIpc) is 3.22. The number of nitriles is 1. The van der Waals surface area contributed by atoms with E-state index in [2.05, 4.69) is 20.1 Å². The van der Waals surface area contributed by atoms with E-state index in [1.54, 1.807) is 11.0 Å². The van der Waals surface area contributed by atoms with E-state index in [1.165, 1.54) is 23.2 Å². The van der Waals surface area contributed by atoms with Crippen LogP contribution in [-0.2, 0) is 16.1 Å². The number of carbonyl (C=O) groups is 1. The van der Waals surface area contributed by atoms with Crippen LogP contribution in [0.4, 0.5) is 21.5 Å². The maximum Gasteiger partial charge on any atom is 0.259 e. The smallest absolute Gasteiger partial charge is 0.259 e. The number of hydrogen-bond donors (Lipinski definition) is 1. The van der Waals surface area contributed by atoms with Crippen LogP contribution < -0.4 is 20.0 Å². The number of halogens is 2. The second kappa shape index (κ2) is 11.1. The Balaban J connectivity index is 1.23. The quantitative estimate of drug-likeness (QED) is 0.537. The molecule has 9 nitrogen and oxygen atoms in total. The zero-order valence-electron chi connectivity index (χ0n) is 22.1. The topological polar surface area (TPSA) is 95.8 Å². The zero-order chi connectivity index (χ0) is 27.9. The van der Waals surface area contributed by atoms with E-state index >= 15 is 4.39 Å². The van der Waals surface area contributed by atoms with E-state index in [0.29, 0.717) is 35.8 Å². The van der Waals surface area contributed by atoms with Crippen LogP contribution in [0.1, 0.15) is 37.8 Å². The third kappa shape index (κ3) is 4.67. The molecular weight excluding hydrogens is 553 g/mol. The van der Waals surface area contributed by atoms with Crippen molar-refractivity contribution >= 4 is 50.9 Å². The van der Waals surface area contributed by atoms with Crippen molar-refractivity contribution in [2.24, 2.45) is 5.92 Å². The van der Waals surface area contributed by atoms with Crippen molar-refractivity contribution in [1.82, 2.24) is 15.2 Å². The van der Waals surface area contributed by atoms with E-state index in [9.17, 15) is 14.3 Å². The van der Waals surface area contributed by atoms with Crippen molar-refractivity contribution in [1.29, 1.82) is 5.26 Å². The highest BCUT2D eigenvalue weighted by Crippen LogP contribution is 2.48. The van der Waals surface area contributed by atoms with Gasteiger partial charge in [-0.1, -0.05) is 11.6 Å². The Morgan fingerprint density at radius 3 is 2.50 bits per heavy atom. The molecule has 1 saturated carbocycles. The van der Waals surface area contributed by atoms with E-state index in [1.807, 2.05) is 12.1 Å². The first-order chi connectivity index (χ1) is 19.4. The van der Waals surface area contributed by atoms with Crippen LogP contribution in [0.5, 0.6) is 0 Å². The molecule has 1 N–H and O–H groups in total. The van der Waals surface area contributed by atoms with Gasteiger partial charge in [0.15, 0.2) is 5.69 Å². The summed E-state index contributed by atoms with van der Waals surface area (Å²) in [5, 5.41) is 12.8. The molecule has 0 unspecified atom stereocenters. The first-order valence-corrected chi connectivity index (χ1v) is 14.9. The molecule has 1 aliphatic carbocycles. The first-order valence-electron chi connectivity index (χ1n) is 13.8. The molecule has 6 rings (SSSR count). The summed E-state index contributed by atoms with van der Waals surface area (Å²) in [6, 6.07) is 8.39. The van der Waals surface area contributed by atoms with Gasteiger partial charge in [-0.05, 0) is 62.3 Å². The maximum absolute atomic E-state index is 15.7. The number of aromatic nitrogens is 1. The number of pyridine rings is 1. The van der Waals surface area contributed by atoms with Gasteiger partial charge in [-0.2, -0.15) is 5.26 Å². The van der Waals surface area contributed by atoms with Crippen LogP contribution in [0.15, 0.2) is 30.5 Å². The summed E-state index contributed by atoms with van der Waals surface area (Å²) in [5.74, 6) is -0.0133. The fourth-order valence-electron chi connectivity index (χ4n) is 6.42. The molecule has 4 aliphatic rings. The molecule has 0 atom stereocenters. The number of nitrogens with zero attached hydrogens (tertiary/aromatic N) is 6. The van der Waals surface area contributed by atoms with Gasteiger partial charge in [0.25, 0.3) is 5.91 Å². The number of carbonyl (C=O) groups excluding carboxylic acids is 1. The molecular formula is C28H31ClFN7O2S. The monoisotopic (exact) mass is 583 g/mol. The molecule has 1 aromatic heterocycles. The number of rotatable bonds is 5. The van der Waals surface area contributed by atoms with E-state index in [4.69, 9.17) is 11.6 Å². The fraction of sp³-hybridized carbons (Fsp3) is 0.500. The molecule has 1 amide bonds. The molecule has 1 spiro atoms. The van der Waals surface area contributed by atoms with Crippen LogP contribution in [0.3, 0.4) is 0 Å². The predicted molar refractivity (Wildman–Crippen MR) is 154 cm³/mol. The normalized spacial score (nSPS) is 21.6. The summed E-state index contributed by atoms with van der Waals surface area (Å²) in [6.07, 6.45) is 5.33. The molecule has 12 heteroatoms. The van der Waals surface area contributed by atoms with Crippen LogP contribution in [0.2, 0.25) is 5.02 Å². The highest BCUT2D eigenvalue weighted by Gasteiger charge is 2.60. The molecule has 2 aromatic rings. The van der Waals surface area contributed by atoms with Crippen molar-refractivity contribution in [3.63, 3.8) is 0 Å². The minimum Gasteiger partial charge on any atom is -0.369 e. The molecule has 0 bridgehead atoms. The van der Waals surface area contributed by atoms with Crippen LogP contribution in [0.25, 0.3) is 0 Å². The van der Waals surface area contributed by atoms with Crippen molar-refractivity contribution in [3.05, 3.63) is 47.0 Å². The Hall–Kier alpha value is -3.04. The van der Waals surface area contributed by atoms with Gasteiger partial charge in [0.2, 0.25) is 5.11 Å². The predicted octanol–water partition coefficient (Wildman–Crippen LogP) is 2.94. The highest BCUT2D eigenvalue weighted by molar-refractivity contribution is 7.67. The number of piperidine rings is 1. The Morgan fingerprint density at radius 2 is 1.90 bits per heavy atom. The minimum absolute atomic E-state index is 0.0362. The number of benzene rings is 1. The summed E-state index contributed by atoms with van der Waals surface area (Å²) >= 11 is 6.38. The SMILES string of the molecule is N#Cc1ncc(N2C(=O)C3(CCC3)N(c3ccc(N4CCC(CN5CCNCC5)CC4)c(F)c3)C2=S=O)cc1Cl. The van der Waals surface area contributed by atoms with Gasteiger partial charge in [-0.15, -0.1) is 0 Å². The Bertz CT molecular complexity index is 1410. The fourth-order valence-corrected chi connectivity index (χ4v) is 7.24. The third-order valence-electron chi connectivity index (χ3n) is 8.73. The number of anilines is 3. The number of amides is 1. The summed E-state index contributed by atoms with van der Waals surface area (Å²) in [6.45, 7) is 6.96. The number of hydrogen-bond acceptors (Lipinski definition) is 7. The van der Waals surface area contributed by atoms with E-state index in [-0.39, 0.29) is 38.8 Å². The molecule has 40 heavy (non-hydrogen) atoms. The molecule has 1 aromatic carbocycles. The summed E-state index contributed by atoms with van der Waals surface area (Å²) in [4.78, 5) is 25.4. The molecule has 0 radical (unpaired) electrons. The molecule has 4 fully saturated rings. The second-order valence-corrected chi connectivity index (χ2v) is 11.9. The molecule has 210 valence electrons. The Labute approximate surface area is 241 Å². The second-order valence-electron chi connectivity index (χ2n) is 11.0. The van der Waals surface area contributed by atoms with Gasteiger partial charge in [0.05, 0.1) is 22.6 Å². The average molecular weight is 584 g/mol. The summed E-state index contributed by atoms with van der Waals surface area (Å²) in [5.41, 5.74) is 0.407. The van der Waals surface area contributed by atoms with Crippen LogP contribution >= 0.6 is 11.6 Å².